The first-order valence-electron chi connectivity index (χ1n) is 5.98. The summed E-state index contributed by atoms with van der Waals surface area (Å²) in [7, 11) is 0. The lowest BCUT2D eigenvalue weighted by atomic mass is 10.1. The molecule has 1 aliphatic heterocycles. The molecule has 0 spiro atoms. The normalized spacial score (nSPS) is 13.9. The van der Waals surface area contributed by atoms with Crippen molar-refractivity contribution in [3.63, 3.8) is 0 Å². The SMILES string of the molecule is O=C(Nc1ccc(Cl)cc1)c1csc2c1CCOC2. The summed E-state index contributed by atoms with van der Waals surface area (Å²) in [5.41, 5.74) is 2.64. The second kappa shape index (κ2) is 5.33. The number of hydrogen-bond donors (Lipinski definition) is 1. The first kappa shape index (κ1) is 12.7. The minimum Gasteiger partial charge on any atom is -0.376 e. The van der Waals surface area contributed by atoms with E-state index in [0.717, 1.165) is 28.1 Å². The molecule has 3 rings (SSSR count). The van der Waals surface area contributed by atoms with Crippen LogP contribution in [0.15, 0.2) is 29.6 Å². The van der Waals surface area contributed by atoms with Crippen LogP contribution < -0.4 is 5.32 Å². The average molecular weight is 294 g/mol. The molecule has 0 bridgehead atoms. The monoisotopic (exact) mass is 293 g/mol. The van der Waals surface area contributed by atoms with Gasteiger partial charge in [-0.25, -0.2) is 0 Å². The molecule has 0 radical (unpaired) electrons. The van der Waals surface area contributed by atoms with Gasteiger partial charge in [0.15, 0.2) is 0 Å². The Labute approximate surface area is 120 Å². The zero-order valence-corrected chi connectivity index (χ0v) is 11.7. The van der Waals surface area contributed by atoms with Gasteiger partial charge in [0.25, 0.3) is 5.91 Å². The highest BCUT2D eigenvalue weighted by molar-refractivity contribution is 7.10. The van der Waals surface area contributed by atoms with Gasteiger partial charge >= 0.3 is 0 Å². The summed E-state index contributed by atoms with van der Waals surface area (Å²) in [6.45, 7) is 1.30. The molecule has 0 saturated carbocycles. The number of anilines is 1. The van der Waals surface area contributed by atoms with Gasteiger partial charge in [-0.1, -0.05) is 11.6 Å². The van der Waals surface area contributed by atoms with Crippen molar-refractivity contribution in [2.45, 2.75) is 13.0 Å². The smallest absolute Gasteiger partial charge is 0.256 e. The number of fused-ring (bicyclic) bond motifs is 1. The topological polar surface area (TPSA) is 38.3 Å². The van der Waals surface area contributed by atoms with Crippen molar-refractivity contribution in [1.82, 2.24) is 0 Å². The van der Waals surface area contributed by atoms with Gasteiger partial charge in [0, 0.05) is 21.0 Å². The predicted octanol–water partition coefficient (Wildman–Crippen LogP) is 3.73. The molecule has 19 heavy (non-hydrogen) atoms. The fourth-order valence-corrected chi connectivity index (χ4v) is 3.22. The van der Waals surface area contributed by atoms with Crippen LogP contribution in [0.25, 0.3) is 0 Å². The highest BCUT2D eigenvalue weighted by atomic mass is 35.5. The van der Waals surface area contributed by atoms with Crippen molar-refractivity contribution in [3.05, 3.63) is 50.7 Å². The standard InChI is InChI=1S/C14H12ClNO2S/c15-9-1-3-10(4-2-9)16-14(17)12-8-19-13-7-18-6-5-11(12)13/h1-4,8H,5-7H2,(H,16,17). The number of ether oxygens (including phenoxy) is 1. The summed E-state index contributed by atoms with van der Waals surface area (Å²) >= 11 is 7.40. The third-order valence-corrected chi connectivity index (χ3v) is 4.31. The summed E-state index contributed by atoms with van der Waals surface area (Å²) in [5.74, 6) is -0.0678. The lowest BCUT2D eigenvalue weighted by Gasteiger charge is -2.13. The summed E-state index contributed by atoms with van der Waals surface area (Å²) in [4.78, 5) is 13.4. The van der Waals surface area contributed by atoms with E-state index < -0.39 is 0 Å². The number of carbonyl (C=O) groups is 1. The lowest BCUT2D eigenvalue weighted by Crippen LogP contribution is -2.16. The van der Waals surface area contributed by atoms with Gasteiger partial charge in [-0.2, -0.15) is 0 Å². The second-order valence-corrected chi connectivity index (χ2v) is 5.72. The highest BCUT2D eigenvalue weighted by Gasteiger charge is 2.20. The molecule has 0 atom stereocenters. The van der Waals surface area contributed by atoms with Gasteiger partial charge in [-0.05, 0) is 36.2 Å². The fraction of sp³-hybridized carbons (Fsp3) is 0.214. The van der Waals surface area contributed by atoms with Crippen LogP contribution in [0.1, 0.15) is 20.8 Å². The van der Waals surface area contributed by atoms with Crippen LogP contribution in [-0.2, 0) is 17.8 Å². The Bertz CT molecular complexity index is 606. The maximum Gasteiger partial charge on any atom is 0.256 e. The number of carbonyl (C=O) groups excluding carboxylic acids is 1. The molecule has 3 nitrogen and oxygen atoms in total. The quantitative estimate of drug-likeness (QED) is 0.916. The zero-order valence-electron chi connectivity index (χ0n) is 10.1. The van der Waals surface area contributed by atoms with Gasteiger partial charge in [0.1, 0.15) is 0 Å². The number of rotatable bonds is 2. The van der Waals surface area contributed by atoms with Crippen LogP contribution in [0, 0.1) is 0 Å². The number of thiophene rings is 1. The van der Waals surface area contributed by atoms with E-state index in [-0.39, 0.29) is 5.91 Å². The fourth-order valence-electron chi connectivity index (χ4n) is 2.08. The van der Waals surface area contributed by atoms with Crippen LogP contribution in [0.5, 0.6) is 0 Å². The number of hydrogen-bond acceptors (Lipinski definition) is 3. The minimum absolute atomic E-state index is 0.0678. The highest BCUT2D eigenvalue weighted by Crippen LogP contribution is 2.28. The van der Waals surface area contributed by atoms with Crippen molar-refractivity contribution >= 4 is 34.5 Å². The number of amides is 1. The van der Waals surface area contributed by atoms with E-state index in [1.54, 1.807) is 35.6 Å². The minimum atomic E-state index is -0.0678. The van der Waals surface area contributed by atoms with Crippen molar-refractivity contribution in [2.75, 3.05) is 11.9 Å². The van der Waals surface area contributed by atoms with E-state index >= 15 is 0 Å². The Hall–Kier alpha value is -1.36. The third kappa shape index (κ3) is 2.66. The molecule has 98 valence electrons. The Balaban J connectivity index is 1.80. The van der Waals surface area contributed by atoms with Crippen LogP contribution in [-0.4, -0.2) is 12.5 Å². The van der Waals surface area contributed by atoms with Crippen LogP contribution >= 0.6 is 22.9 Å². The molecule has 1 N–H and O–H groups in total. The molecule has 5 heteroatoms. The summed E-state index contributed by atoms with van der Waals surface area (Å²) < 4.78 is 5.38. The largest absolute Gasteiger partial charge is 0.376 e. The van der Waals surface area contributed by atoms with Gasteiger partial charge in [0.05, 0.1) is 18.8 Å². The zero-order chi connectivity index (χ0) is 13.2. The second-order valence-electron chi connectivity index (χ2n) is 4.31. The summed E-state index contributed by atoms with van der Waals surface area (Å²) in [5, 5.41) is 5.45. The molecule has 0 aliphatic carbocycles. The molecule has 1 aliphatic rings. The van der Waals surface area contributed by atoms with E-state index in [2.05, 4.69) is 5.32 Å². The van der Waals surface area contributed by atoms with E-state index in [1.807, 2.05) is 5.38 Å². The molecule has 1 amide bonds. The molecular formula is C14H12ClNO2S. The lowest BCUT2D eigenvalue weighted by molar-refractivity contribution is 0.101. The Morgan fingerprint density at radius 3 is 2.89 bits per heavy atom. The summed E-state index contributed by atoms with van der Waals surface area (Å²) in [6, 6.07) is 7.10. The molecule has 2 heterocycles. The maximum absolute atomic E-state index is 12.3. The van der Waals surface area contributed by atoms with Crippen molar-refractivity contribution < 1.29 is 9.53 Å². The van der Waals surface area contributed by atoms with E-state index in [9.17, 15) is 4.79 Å². The van der Waals surface area contributed by atoms with Gasteiger partial charge < -0.3 is 10.1 Å². The van der Waals surface area contributed by atoms with Crippen molar-refractivity contribution in [3.8, 4) is 0 Å². The molecular weight excluding hydrogens is 282 g/mol. The molecule has 1 aromatic heterocycles. The van der Waals surface area contributed by atoms with Gasteiger partial charge in [-0.3, -0.25) is 4.79 Å². The van der Waals surface area contributed by atoms with Gasteiger partial charge in [0.2, 0.25) is 0 Å². The van der Waals surface area contributed by atoms with E-state index in [0.29, 0.717) is 18.2 Å². The molecule has 0 unspecified atom stereocenters. The Kier molecular flexibility index (Phi) is 3.55. The van der Waals surface area contributed by atoms with Crippen LogP contribution in [0.2, 0.25) is 5.02 Å². The molecule has 1 aromatic carbocycles. The first-order chi connectivity index (χ1) is 9.24. The van der Waals surface area contributed by atoms with Gasteiger partial charge in [-0.15, -0.1) is 11.3 Å². The van der Waals surface area contributed by atoms with E-state index in [4.69, 9.17) is 16.3 Å². The number of benzene rings is 1. The third-order valence-electron chi connectivity index (χ3n) is 3.06. The summed E-state index contributed by atoms with van der Waals surface area (Å²) in [6.07, 6.45) is 0.808. The van der Waals surface area contributed by atoms with Crippen molar-refractivity contribution in [1.29, 1.82) is 0 Å². The van der Waals surface area contributed by atoms with E-state index in [1.165, 1.54) is 0 Å². The molecule has 0 fully saturated rings. The Morgan fingerprint density at radius 1 is 1.32 bits per heavy atom. The number of nitrogens with one attached hydrogen (secondary N) is 1. The maximum atomic E-state index is 12.3. The van der Waals surface area contributed by atoms with Crippen LogP contribution in [0.3, 0.4) is 0 Å². The first-order valence-corrected chi connectivity index (χ1v) is 7.24. The number of halogens is 1. The average Bonchev–Trinajstić information content (AvgIpc) is 2.85. The van der Waals surface area contributed by atoms with Crippen molar-refractivity contribution in [2.24, 2.45) is 0 Å². The predicted molar refractivity (Wildman–Crippen MR) is 77.1 cm³/mol. The van der Waals surface area contributed by atoms with Crippen LogP contribution in [0.4, 0.5) is 5.69 Å². The Morgan fingerprint density at radius 2 is 2.11 bits per heavy atom. The molecule has 2 aromatic rings. The molecule has 0 saturated heterocycles.